The van der Waals surface area contributed by atoms with E-state index < -0.39 is 0 Å². The van der Waals surface area contributed by atoms with Crippen LogP contribution in [0, 0.1) is 0 Å². The Labute approximate surface area is 169 Å². The summed E-state index contributed by atoms with van der Waals surface area (Å²) in [5.41, 5.74) is 1.58. The van der Waals surface area contributed by atoms with E-state index in [1.807, 2.05) is 7.05 Å². The summed E-state index contributed by atoms with van der Waals surface area (Å²) < 4.78 is 10.8. The summed E-state index contributed by atoms with van der Waals surface area (Å²) in [5, 5.41) is 7.09. The normalized spacial score (nSPS) is 20.6. The first-order chi connectivity index (χ1) is 13.8. The molecule has 1 saturated heterocycles. The molecule has 2 fully saturated rings. The first-order valence-corrected chi connectivity index (χ1v) is 10.6. The van der Waals surface area contributed by atoms with Gasteiger partial charge in [-0.2, -0.15) is 0 Å². The van der Waals surface area contributed by atoms with Crippen LogP contribution in [-0.4, -0.2) is 71.0 Å². The number of morpholine rings is 1. The van der Waals surface area contributed by atoms with Crippen molar-refractivity contribution >= 4 is 5.96 Å². The predicted molar refractivity (Wildman–Crippen MR) is 114 cm³/mol. The van der Waals surface area contributed by atoms with E-state index in [9.17, 15) is 0 Å². The van der Waals surface area contributed by atoms with E-state index in [1.165, 1.54) is 37.7 Å². The molecule has 6 heteroatoms. The zero-order chi connectivity index (χ0) is 19.7. The van der Waals surface area contributed by atoms with Crippen molar-refractivity contribution in [2.45, 2.75) is 37.5 Å². The molecule has 0 radical (unpaired) electrons. The van der Waals surface area contributed by atoms with Gasteiger partial charge in [-0.25, -0.2) is 0 Å². The van der Waals surface area contributed by atoms with Crippen LogP contribution in [0.2, 0.25) is 0 Å². The first-order valence-electron chi connectivity index (χ1n) is 10.6. The molecule has 1 aliphatic heterocycles. The molecule has 0 spiro atoms. The minimum atomic E-state index is 0.173. The Morgan fingerprint density at radius 3 is 2.46 bits per heavy atom. The molecule has 0 atom stereocenters. The molecule has 2 aliphatic rings. The monoisotopic (exact) mass is 388 g/mol. The summed E-state index contributed by atoms with van der Waals surface area (Å²) in [6.45, 7) is 6.57. The SMILES string of the molecule is CN=C(NCCN1CCOCC1)NCC1(c2ccc(OC)cc2)CCCCC1. The van der Waals surface area contributed by atoms with Crippen molar-refractivity contribution in [2.24, 2.45) is 4.99 Å². The molecule has 0 aromatic heterocycles. The fraction of sp³-hybridized carbons (Fsp3) is 0.682. The van der Waals surface area contributed by atoms with Gasteiger partial charge in [-0.05, 0) is 30.5 Å². The highest BCUT2D eigenvalue weighted by Crippen LogP contribution is 2.39. The lowest BCUT2D eigenvalue weighted by Gasteiger charge is -2.38. The van der Waals surface area contributed by atoms with Crippen LogP contribution in [0.5, 0.6) is 5.75 Å². The lowest BCUT2D eigenvalue weighted by Crippen LogP contribution is -2.48. The number of guanidine groups is 1. The molecule has 156 valence electrons. The summed E-state index contributed by atoms with van der Waals surface area (Å²) in [5.74, 6) is 1.81. The van der Waals surface area contributed by atoms with Crippen LogP contribution < -0.4 is 15.4 Å². The number of aliphatic imine (C=N–C) groups is 1. The fourth-order valence-corrected chi connectivity index (χ4v) is 4.37. The number of ether oxygens (including phenoxy) is 2. The Morgan fingerprint density at radius 1 is 1.11 bits per heavy atom. The van der Waals surface area contributed by atoms with Crippen LogP contribution in [0.15, 0.2) is 29.3 Å². The molecule has 2 N–H and O–H groups in total. The Hall–Kier alpha value is -1.79. The number of hydrogen-bond acceptors (Lipinski definition) is 4. The Bertz CT molecular complexity index is 605. The van der Waals surface area contributed by atoms with Gasteiger partial charge in [-0.1, -0.05) is 31.4 Å². The topological polar surface area (TPSA) is 58.1 Å². The summed E-state index contributed by atoms with van der Waals surface area (Å²) in [7, 11) is 3.57. The van der Waals surface area contributed by atoms with Crippen molar-refractivity contribution in [1.82, 2.24) is 15.5 Å². The van der Waals surface area contributed by atoms with Gasteiger partial charge in [0.15, 0.2) is 5.96 Å². The first kappa shape index (κ1) is 20.9. The van der Waals surface area contributed by atoms with E-state index >= 15 is 0 Å². The van der Waals surface area contributed by atoms with Gasteiger partial charge in [-0.3, -0.25) is 9.89 Å². The molecule has 6 nitrogen and oxygen atoms in total. The zero-order valence-corrected chi connectivity index (χ0v) is 17.5. The number of nitrogens with zero attached hydrogens (tertiary/aromatic N) is 2. The Kier molecular flexibility index (Phi) is 7.98. The van der Waals surface area contributed by atoms with Crippen molar-refractivity contribution in [2.75, 3.05) is 60.1 Å². The summed E-state index contributed by atoms with van der Waals surface area (Å²) >= 11 is 0. The van der Waals surface area contributed by atoms with Crippen LogP contribution in [0.1, 0.15) is 37.7 Å². The van der Waals surface area contributed by atoms with Gasteiger partial charge in [0.2, 0.25) is 0 Å². The van der Waals surface area contributed by atoms with E-state index in [2.05, 4.69) is 44.8 Å². The van der Waals surface area contributed by atoms with Crippen LogP contribution in [0.25, 0.3) is 0 Å². The Balaban J connectivity index is 1.55. The second-order valence-corrected chi connectivity index (χ2v) is 7.88. The van der Waals surface area contributed by atoms with Crippen LogP contribution in [-0.2, 0) is 10.2 Å². The number of benzene rings is 1. The van der Waals surface area contributed by atoms with E-state index in [0.29, 0.717) is 0 Å². The standard InChI is InChI=1S/C22H36N4O2/c1-23-21(24-12-13-26-14-16-28-17-15-26)25-18-22(10-4-3-5-11-22)19-6-8-20(27-2)9-7-19/h6-9H,3-5,10-18H2,1-2H3,(H2,23,24,25). The number of hydrogen-bond donors (Lipinski definition) is 2. The molecule has 0 amide bonds. The zero-order valence-electron chi connectivity index (χ0n) is 17.5. The summed E-state index contributed by atoms with van der Waals surface area (Å²) in [6, 6.07) is 8.64. The minimum Gasteiger partial charge on any atom is -0.497 e. The molecular formula is C22H36N4O2. The van der Waals surface area contributed by atoms with Gasteiger partial charge in [0.25, 0.3) is 0 Å². The van der Waals surface area contributed by atoms with Crippen molar-refractivity contribution < 1.29 is 9.47 Å². The van der Waals surface area contributed by atoms with Crippen LogP contribution >= 0.6 is 0 Å². The maximum absolute atomic E-state index is 5.42. The lowest BCUT2D eigenvalue weighted by atomic mass is 9.69. The van der Waals surface area contributed by atoms with Crippen molar-refractivity contribution in [3.05, 3.63) is 29.8 Å². The fourth-order valence-electron chi connectivity index (χ4n) is 4.37. The van der Waals surface area contributed by atoms with Crippen molar-refractivity contribution in [1.29, 1.82) is 0 Å². The maximum atomic E-state index is 5.42. The highest BCUT2D eigenvalue weighted by molar-refractivity contribution is 5.79. The minimum absolute atomic E-state index is 0.173. The predicted octanol–water partition coefficient (Wildman–Crippen LogP) is 2.39. The third-order valence-electron chi connectivity index (χ3n) is 6.16. The second-order valence-electron chi connectivity index (χ2n) is 7.88. The molecule has 1 aliphatic carbocycles. The van der Waals surface area contributed by atoms with Gasteiger partial charge < -0.3 is 20.1 Å². The molecule has 1 aromatic rings. The second kappa shape index (κ2) is 10.7. The smallest absolute Gasteiger partial charge is 0.191 e. The molecule has 3 rings (SSSR count). The van der Waals surface area contributed by atoms with Crippen molar-refractivity contribution in [3.8, 4) is 5.75 Å². The van der Waals surface area contributed by atoms with E-state index in [-0.39, 0.29) is 5.41 Å². The third kappa shape index (κ3) is 5.61. The number of methoxy groups -OCH3 is 1. The maximum Gasteiger partial charge on any atom is 0.191 e. The molecule has 1 heterocycles. The molecule has 0 unspecified atom stereocenters. The van der Waals surface area contributed by atoms with Crippen LogP contribution in [0.3, 0.4) is 0 Å². The Morgan fingerprint density at radius 2 is 1.82 bits per heavy atom. The van der Waals surface area contributed by atoms with Gasteiger partial charge in [-0.15, -0.1) is 0 Å². The molecule has 28 heavy (non-hydrogen) atoms. The number of nitrogens with one attached hydrogen (secondary N) is 2. The quantitative estimate of drug-likeness (QED) is 0.555. The van der Waals surface area contributed by atoms with E-state index in [4.69, 9.17) is 9.47 Å². The van der Waals surface area contributed by atoms with E-state index in [1.54, 1.807) is 7.11 Å². The lowest BCUT2D eigenvalue weighted by molar-refractivity contribution is 0.0389. The van der Waals surface area contributed by atoms with Gasteiger partial charge in [0, 0.05) is 45.2 Å². The molecule has 0 bridgehead atoms. The highest BCUT2D eigenvalue weighted by atomic mass is 16.5. The summed E-state index contributed by atoms with van der Waals surface area (Å²) in [4.78, 5) is 6.87. The van der Waals surface area contributed by atoms with Crippen LogP contribution in [0.4, 0.5) is 0 Å². The highest BCUT2D eigenvalue weighted by Gasteiger charge is 2.34. The summed E-state index contributed by atoms with van der Waals surface area (Å²) in [6.07, 6.45) is 6.35. The van der Waals surface area contributed by atoms with E-state index in [0.717, 1.165) is 57.6 Å². The average Bonchev–Trinajstić information content (AvgIpc) is 2.77. The molecule has 1 saturated carbocycles. The average molecular weight is 389 g/mol. The van der Waals surface area contributed by atoms with Gasteiger partial charge in [0.05, 0.1) is 20.3 Å². The van der Waals surface area contributed by atoms with Gasteiger partial charge in [0.1, 0.15) is 5.75 Å². The van der Waals surface area contributed by atoms with Gasteiger partial charge >= 0.3 is 0 Å². The van der Waals surface area contributed by atoms with Crippen molar-refractivity contribution in [3.63, 3.8) is 0 Å². The molecular weight excluding hydrogens is 352 g/mol. The largest absolute Gasteiger partial charge is 0.497 e. The third-order valence-corrected chi connectivity index (χ3v) is 6.16. The molecule has 1 aromatic carbocycles. The number of rotatable bonds is 7.